The number of rotatable bonds is 7. The Morgan fingerprint density at radius 2 is 2.07 bits per heavy atom. The molecule has 0 bridgehead atoms. The normalized spacial score (nSPS) is 14.3. The molecule has 1 amide bonds. The molecule has 0 aliphatic carbocycles. The first-order chi connectivity index (χ1) is 7.02. The minimum Gasteiger partial charge on any atom is -0.480 e. The van der Waals surface area contributed by atoms with Crippen molar-refractivity contribution < 1.29 is 19.4 Å². The van der Waals surface area contributed by atoms with Gasteiger partial charge in [-0.05, 0) is 13.8 Å². The monoisotopic (exact) mass is 218 g/mol. The molecule has 0 rings (SSSR count). The molecule has 0 aromatic carbocycles. The Balaban J connectivity index is 4.15. The second kappa shape index (κ2) is 7.19. The van der Waals surface area contributed by atoms with E-state index in [-0.39, 0.29) is 12.5 Å². The molecule has 88 valence electrons. The smallest absolute Gasteiger partial charge is 0.323 e. The van der Waals surface area contributed by atoms with Gasteiger partial charge in [-0.3, -0.25) is 14.9 Å². The number of hydrogen-bond acceptors (Lipinski definition) is 4. The van der Waals surface area contributed by atoms with Gasteiger partial charge >= 0.3 is 5.97 Å². The number of carbonyl (C=O) groups is 2. The molecule has 0 fully saturated rings. The Bertz CT molecular complexity index is 220. The summed E-state index contributed by atoms with van der Waals surface area (Å²) in [5, 5.41) is 14.1. The molecule has 3 N–H and O–H groups in total. The van der Waals surface area contributed by atoms with Crippen molar-refractivity contribution in [3.8, 4) is 0 Å². The third-order valence-corrected chi connectivity index (χ3v) is 1.83. The van der Waals surface area contributed by atoms with E-state index in [2.05, 4.69) is 10.6 Å². The number of nitrogens with one attached hydrogen (secondary N) is 2. The molecule has 0 aliphatic rings. The summed E-state index contributed by atoms with van der Waals surface area (Å²) in [6, 6.07) is -1.42. The predicted molar refractivity (Wildman–Crippen MR) is 54.6 cm³/mol. The molecule has 0 heterocycles. The Labute approximate surface area is 89.0 Å². The molecule has 0 aromatic heterocycles. The van der Waals surface area contributed by atoms with Crippen molar-refractivity contribution in [1.29, 1.82) is 0 Å². The summed E-state index contributed by atoms with van der Waals surface area (Å²) in [6.07, 6.45) is 0. The molecular weight excluding hydrogens is 200 g/mol. The van der Waals surface area contributed by atoms with E-state index in [1.54, 1.807) is 13.8 Å². The lowest BCUT2D eigenvalue weighted by Gasteiger charge is -2.18. The van der Waals surface area contributed by atoms with Gasteiger partial charge in [0.15, 0.2) is 0 Å². The highest BCUT2D eigenvalue weighted by Gasteiger charge is 2.22. The Morgan fingerprint density at radius 3 is 2.47 bits per heavy atom. The van der Waals surface area contributed by atoms with E-state index in [0.29, 0.717) is 6.54 Å². The molecule has 0 aromatic rings. The van der Waals surface area contributed by atoms with Gasteiger partial charge < -0.3 is 15.2 Å². The number of likely N-dealkylation sites (N-methyl/N-ethyl adjacent to an activating group) is 1. The van der Waals surface area contributed by atoms with Crippen LogP contribution in [0.4, 0.5) is 0 Å². The first-order valence-corrected chi connectivity index (χ1v) is 4.78. The van der Waals surface area contributed by atoms with E-state index in [1.165, 1.54) is 7.11 Å². The molecule has 6 nitrogen and oxygen atoms in total. The van der Waals surface area contributed by atoms with Crippen molar-refractivity contribution in [2.24, 2.45) is 0 Å². The van der Waals surface area contributed by atoms with Gasteiger partial charge in [0, 0.05) is 13.7 Å². The van der Waals surface area contributed by atoms with Gasteiger partial charge in [-0.1, -0.05) is 0 Å². The molecule has 0 aliphatic heterocycles. The van der Waals surface area contributed by atoms with E-state index in [9.17, 15) is 9.59 Å². The highest BCUT2D eigenvalue weighted by atomic mass is 16.5. The van der Waals surface area contributed by atoms with E-state index in [0.717, 1.165) is 0 Å². The Hall–Kier alpha value is -1.14. The van der Waals surface area contributed by atoms with Gasteiger partial charge in [0.25, 0.3) is 0 Å². The lowest BCUT2D eigenvalue weighted by molar-refractivity contribution is -0.141. The molecule has 0 spiro atoms. The minimum atomic E-state index is -1.03. The third-order valence-electron chi connectivity index (χ3n) is 1.83. The highest BCUT2D eigenvalue weighted by Crippen LogP contribution is 1.90. The van der Waals surface area contributed by atoms with Gasteiger partial charge in [0.1, 0.15) is 6.04 Å². The second-order valence-corrected chi connectivity index (χ2v) is 3.13. The first kappa shape index (κ1) is 13.9. The zero-order chi connectivity index (χ0) is 11.8. The summed E-state index contributed by atoms with van der Waals surface area (Å²) >= 11 is 0. The summed E-state index contributed by atoms with van der Waals surface area (Å²) in [4.78, 5) is 22.0. The van der Waals surface area contributed by atoms with Crippen LogP contribution in [-0.2, 0) is 14.3 Å². The van der Waals surface area contributed by atoms with Crippen molar-refractivity contribution in [2.45, 2.75) is 25.9 Å². The van der Waals surface area contributed by atoms with Gasteiger partial charge in [0.2, 0.25) is 5.91 Å². The largest absolute Gasteiger partial charge is 0.480 e. The van der Waals surface area contributed by atoms with Gasteiger partial charge in [-0.15, -0.1) is 0 Å². The van der Waals surface area contributed by atoms with Crippen LogP contribution in [0, 0.1) is 0 Å². The van der Waals surface area contributed by atoms with Gasteiger partial charge in [-0.2, -0.15) is 0 Å². The second-order valence-electron chi connectivity index (χ2n) is 3.13. The van der Waals surface area contributed by atoms with E-state index in [4.69, 9.17) is 9.84 Å². The van der Waals surface area contributed by atoms with E-state index >= 15 is 0 Å². The quantitative estimate of drug-likeness (QED) is 0.520. The molecule has 0 saturated heterocycles. The van der Waals surface area contributed by atoms with E-state index < -0.39 is 18.1 Å². The van der Waals surface area contributed by atoms with Crippen molar-refractivity contribution in [2.75, 3.05) is 20.3 Å². The van der Waals surface area contributed by atoms with Crippen molar-refractivity contribution in [1.82, 2.24) is 10.6 Å². The maximum absolute atomic E-state index is 11.3. The van der Waals surface area contributed by atoms with Crippen molar-refractivity contribution >= 4 is 11.9 Å². The predicted octanol–water partition coefficient (Wildman–Crippen LogP) is -0.800. The number of methoxy groups -OCH3 is 1. The summed E-state index contributed by atoms with van der Waals surface area (Å²) in [5.41, 5.74) is 0. The molecule has 2 unspecified atom stereocenters. The number of aliphatic carboxylic acids is 1. The first-order valence-electron chi connectivity index (χ1n) is 4.78. The molecular formula is C9H18N2O4. The lowest BCUT2D eigenvalue weighted by atomic mass is 10.2. The maximum atomic E-state index is 11.3. The van der Waals surface area contributed by atoms with Crippen LogP contribution in [0.2, 0.25) is 0 Å². The molecule has 0 saturated carbocycles. The lowest BCUT2D eigenvalue weighted by Crippen LogP contribution is -2.51. The standard InChI is InChI=1S/C9H18N2O4/c1-4-10-8(12)6(2)11-7(5-15-3)9(13)14/h6-7,11H,4-5H2,1-3H3,(H,10,12)(H,13,14). The zero-order valence-corrected chi connectivity index (χ0v) is 9.24. The van der Waals surface area contributed by atoms with Crippen LogP contribution in [-0.4, -0.2) is 49.3 Å². The topological polar surface area (TPSA) is 87.7 Å². The number of carboxylic acid groups (broad SMARTS) is 1. The number of amides is 1. The summed E-state index contributed by atoms with van der Waals surface area (Å²) < 4.78 is 4.73. The molecule has 6 heteroatoms. The Morgan fingerprint density at radius 1 is 1.47 bits per heavy atom. The van der Waals surface area contributed by atoms with Crippen LogP contribution >= 0.6 is 0 Å². The Kier molecular flexibility index (Phi) is 6.64. The maximum Gasteiger partial charge on any atom is 0.323 e. The average molecular weight is 218 g/mol. The number of carboxylic acids is 1. The number of hydrogen-bond donors (Lipinski definition) is 3. The molecule has 2 atom stereocenters. The average Bonchev–Trinajstić information content (AvgIpc) is 2.17. The van der Waals surface area contributed by atoms with Gasteiger partial charge in [0.05, 0.1) is 12.6 Å². The van der Waals surface area contributed by atoms with Crippen LogP contribution in [0.25, 0.3) is 0 Å². The van der Waals surface area contributed by atoms with Crippen molar-refractivity contribution in [3.05, 3.63) is 0 Å². The minimum absolute atomic E-state index is 0.0269. The number of ether oxygens (including phenoxy) is 1. The fourth-order valence-electron chi connectivity index (χ4n) is 1.06. The van der Waals surface area contributed by atoms with E-state index in [1.807, 2.05) is 0 Å². The van der Waals surface area contributed by atoms with Crippen LogP contribution in [0.5, 0.6) is 0 Å². The zero-order valence-electron chi connectivity index (χ0n) is 9.24. The molecule has 0 radical (unpaired) electrons. The summed E-state index contributed by atoms with van der Waals surface area (Å²) in [5.74, 6) is -1.26. The van der Waals surface area contributed by atoms with Crippen LogP contribution in [0.3, 0.4) is 0 Å². The highest BCUT2D eigenvalue weighted by molar-refractivity contribution is 5.82. The fourth-order valence-corrected chi connectivity index (χ4v) is 1.06. The summed E-state index contributed by atoms with van der Waals surface area (Å²) in [6.45, 7) is 3.96. The number of carbonyl (C=O) groups excluding carboxylic acids is 1. The van der Waals surface area contributed by atoms with Crippen LogP contribution < -0.4 is 10.6 Å². The van der Waals surface area contributed by atoms with Crippen LogP contribution in [0.15, 0.2) is 0 Å². The van der Waals surface area contributed by atoms with Crippen molar-refractivity contribution in [3.63, 3.8) is 0 Å². The summed E-state index contributed by atoms with van der Waals surface area (Å²) in [7, 11) is 1.41. The van der Waals surface area contributed by atoms with Gasteiger partial charge in [-0.25, -0.2) is 0 Å². The van der Waals surface area contributed by atoms with Crippen LogP contribution in [0.1, 0.15) is 13.8 Å². The molecule has 15 heavy (non-hydrogen) atoms. The SMILES string of the molecule is CCNC(=O)C(C)NC(COC)C(=O)O. The third kappa shape index (κ3) is 5.34. The fraction of sp³-hybridized carbons (Fsp3) is 0.778.